The molecule has 2 N–H and O–H groups in total. The van der Waals surface area contributed by atoms with Gasteiger partial charge in [-0.3, -0.25) is 9.52 Å². The molecule has 1 amide bonds. The molecule has 3 aromatic rings. The van der Waals surface area contributed by atoms with Gasteiger partial charge in [-0.15, -0.1) is 11.3 Å². The van der Waals surface area contributed by atoms with Crippen molar-refractivity contribution in [3.63, 3.8) is 0 Å². The molecule has 0 aliphatic carbocycles. The van der Waals surface area contributed by atoms with E-state index in [1.54, 1.807) is 29.6 Å². The lowest BCUT2D eigenvalue weighted by Gasteiger charge is -2.19. The molecular formula is C20H19FN4O3S2. The van der Waals surface area contributed by atoms with Crippen molar-refractivity contribution in [3.05, 3.63) is 65.9 Å². The number of aromatic nitrogens is 1. The number of sulfonamides is 1. The maximum atomic E-state index is 13.7. The van der Waals surface area contributed by atoms with Crippen LogP contribution in [0.25, 0.3) is 0 Å². The summed E-state index contributed by atoms with van der Waals surface area (Å²) in [6, 6.07) is 12.5. The number of para-hydroxylation sites is 1. The van der Waals surface area contributed by atoms with Gasteiger partial charge in [0.15, 0.2) is 5.13 Å². The number of rotatable bonds is 6. The van der Waals surface area contributed by atoms with E-state index in [2.05, 4.69) is 15.0 Å². The summed E-state index contributed by atoms with van der Waals surface area (Å²) in [5, 5.41) is 4.64. The van der Waals surface area contributed by atoms with Crippen LogP contribution in [0.5, 0.6) is 0 Å². The Morgan fingerprint density at radius 3 is 2.63 bits per heavy atom. The molecule has 1 atom stereocenters. The first-order chi connectivity index (χ1) is 14.4. The zero-order valence-electron chi connectivity index (χ0n) is 15.8. The maximum absolute atomic E-state index is 13.7. The first-order valence-electron chi connectivity index (χ1n) is 9.25. The molecular weight excluding hydrogens is 427 g/mol. The van der Waals surface area contributed by atoms with Crippen LogP contribution in [0.15, 0.2) is 65.0 Å². The van der Waals surface area contributed by atoms with Gasteiger partial charge in [0.25, 0.3) is 10.0 Å². The van der Waals surface area contributed by atoms with Crippen LogP contribution in [0.3, 0.4) is 0 Å². The molecule has 1 aliphatic rings. The van der Waals surface area contributed by atoms with Gasteiger partial charge in [-0.2, -0.15) is 0 Å². The largest absolute Gasteiger partial charge is 0.371 e. The lowest BCUT2D eigenvalue weighted by Crippen LogP contribution is -2.27. The van der Waals surface area contributed by atoms with Gasteiger partial charge >= 0.3 is 0 Å². The van der Waals surface area contributed by atoms with Crippen molar-refractivity contribution in [3.8, 4) is 0 Å². The number of carbonyl (C=O) groups is 1. The van der Waals surface area contributed by atoms with E-state index >= 15 is 0 Å². The Balaban J connectivity index is 1.39. The number of benzene rings is 2. The first-order valence-corrected chi connectivity index (χ1v) is 11.6. The zero-order chi connectivity index (χ0) is 21.1. The maximum Gasteiger partial charge on any atom is 0.263 e. The van der Waals surface area contributed by atoms with Gasteiger partial charge in [-0.1, -0.05) is 12.1 Å². The normalized spacial score (nSPS) is 16.4. The second kappa shape index (κ2) is 8.41. The first kappa shape index (κ1) is 20.3. The number of amides is 1. The second-order valence-corrected chi connectivity index (χ2v) is 9.41. The Morgan fingerprint density at radius 1 is 1.17 bits per heavy atom. The molecule has 7 nitrogen and oxygen atoms in total. The van der Waals surface area contributed by atoms with Crippen LogP contribution in [0.4, 0.5) is 20.9 Å². The van der Waals surface area contributed by atoms with Crippen LogP contribution in [0.1, 0.15) is 6.42 Å². The molecule has 1 aromatic heterocycles. The van der Waals surface area contributed by atoms with E-state index in [9.17, 15) is 17.6 Å². The highest BCUT2D eigenvalue weighted by atomic mass is 32.2. The Morgan fingerprint density at radius 2 is 1.93 bits per heavy atom. The molecule has 0 radical (unpaired) electrons. The van der Waals surface area contributed by atoms with Gasteiger partial charge in [-0.05, 0) is 42.8 Å². The summed E-state index contributed by atoms with van der Waals surface area (Å²) < 4.78 is 41.1. The molecule has 4 rings (SSSR count). The number of hydrogen-bond donors (Lipinski definition) is 2. The van der Waals surface area contributed by atoms with Crippen molar-refractivity contribution in [1.29, 1.82) is 0 Å². The van der Waals surface area contributed by atoms with Gasteiger partial charge in [0.2, 0.25) is 5.91 Å². The van der Waals surface area contributed by atoms with Crippen LogP contribution in [-0.4, -0.2) is 32.4 Å². The summed E-state index contributed by atoms with van der Waals surface area (Å²) in [5.74, 6) is -0.974. The van der Waals surface area contributed by atoms with Crippen molar-refractivity contribution in [2.24, 2.45) is 5.92 Å². The Kier molecular flexibility index (Phi) is 5.69. The molecule has 0 saturated carbocycles. The molecule has 1 unspecified atom stereocenters. The second-order valence-electron chi connectivity index (χ2n) is 6.84. The topological polar surface area (TPSA) is 91.4 Å². The third-order valence-electron chi connectivity index (χ3n) is 4.86. The quantitative estimate of drug-likeness (QED) is 0.604. The van der Waals surface area contributed by atoms with E-state index in [4.69, 9.17) is 0 Å². The van der Waals surface area contributed by atoms with Gasteiger partial charge in [0, 0.05) is 30.4 Å². The molecule has 10 heteroatoms. The Hall–Kier alpha value is -2.98. The molecule has 2 heterocycles. The van der Waals surface area contributed by atoms with Crippen LogP contribution in [-0.2, 0) is 14.8 Å². The smallest absolute Gasteiger partial charge is 0.263 e. The van der Waals surface area contributed by atoms with Crippen molar-refractivity contribution in [1.82, 2.24) is 4.98 Å². The van der Waals surface area contributed by atoms with Gasteiger partial charge in [0.05, 0.1) is 16.5 Å². The lowest BCUT2D eigenvalue weighted by atomic mass is 10.1. The van der Waals surface area contributed by atoms with E-state index < -0.39 is 15.8 Å². The van der Waals surface area contributed by atoms with Gasteiger partial charge in [0.1, 0.15) is 5.82 Å². The third-order valence-corrected chi connectivity index (χ3v) is 7.03. The summed E-state index contributed by atoms with van der Waals surface area (Å²) in [6.45, 7) is 1.13. The predicted octanol–water partition coefficient (Wildman–Crippen LogP) is 3.55. The average molecular weight is 447 g/mol. The monoisotopic (exact) mass is 446 g/mol. The van der Waals surface area contributed by atoms with Crippen molar-refractivity contribution in [2.45, 2.75) is 11.3 Å². The summed E-state index contributed by atoms with van der Waals surface area (Å²) in [5.41, 5.74) is 0.993. The van der Waals surface area contributed by atoms with Crippen molar-refractivity contribution >= 4 is 43.8 Å². The number of anilines is 3. The highest BCUT2D eigenvalue weighted by Crippen LogP contribution is 2.27. The van der Waals surface area contributed by atoms with Crippen LogP contribution < -0.4 is 14.9 Å². The van der Waals surface area contributed by atoms with Crippen LogP contribution in [0.2, 0.25) is 0 Å². The van der Waals surface area contributed by atoms with E-state index in [1.807, 2.05) is 4.90 Å². The standard InChI is InChI=1S/C20H19FN4O3S2/c21-17-3-1-2-4-18(17)23-19(26)14-9-11-25(13-14)15-5-7-16(8-6-15)30(27,28)24-20-22-10-12-29-20/h1-8,10,12,14H,9,11,13H2,(H,22,24)(H,23,26). The molecule has 0 bridgehead atoms. The molecule has 1 aliphatic heterocycles. The summed E-state index contributed by atoms with van der Waals surface area (Å²) in [4.78, 5) is 18.6. The minimum absolute atomic E-state index is 0.134. The lowest BCUT2D eigenvalue weighted by molar-refractivity contribution is -0.119. The number of carbonyl (C=O) groups excluding carboxylic acids is 1. The fraction of sp³-hybridized carbons (Fsp3) is 0.200. The van der Waals surface area contributed by atoms with E-state index in [0.29, 0.717) is 24.6 Å². The fourth-order valence-corrected chi connectivity index (χ4v) is 5.08. The number of nitrogens with one attached hydrogen (secondary N) is 2. The van der Waals surface area contributed by atoms with Crippen LogP contribution >= 0.6 is 11.3 Å². The Labute approximate surface area is 177 Å². The van der Waals surface area contributed by atoms with E-state index in [0.717, 1.165) is 5.69 Å². The number of hydrogen-bond acceptors (Lipinski definition) is 6. The minimum atomic E-state index is -3.71. The van der Waals surface area contributed by atoms with Gasteiger partial charge in [-0.25, -0.2) is 17.8 Å². The average Bonchev–Trinajstić information content (AvgIpc) is 3.42. The molecule has 1 fully saturated rings. The summed E-state index contributed by atoms with van der Waals surface area (Å²) in [6.07, 6.45) is 2.16. The fourth-order valence-electron chi connectivity index (χ4n) is 3.29. The number of thiazole rings is 1. The zero-order valence-corrected chi connectivity index (χ0v) is 17.4. The summed E-state index contributed by atoms with van der Waals surface area (Å²) in [7, 11) is -3.71. The number of nitrogens with zero attached hydrogens (tertiary/aromatic N) is 2. The Bertz CT molecular complexity index is 1140. The van der Waals surface area contributed by atoms with Crippen molar-refractivity contribution < 1.29 is 17.6 Å². The van der Waals surface area contributed by atoms with E-state index in [-0.39, 0.29) is 22.4 Å². The number of halogens is 1. The highest BCUT2D eigenvalue weighted by molar-refractivity contribution is 7.93. The third kappa shape index (κ3) is 4.44. The van der Waals surface area contributed by atoms with E-state index in [1.165, 1.54) is 41.8 Å². The highest BCUT2D eigenvalue weighted by Gasteiger charge is 2.29. The summed E-state index contributed by atoms with van der Waals surface area (Å²) >= 11 is 1.20. The molecule has 2 aromatic carbocycles. The minimum Gasteiger partial charge on any atom is -0.371 e. The molecule has 1 saturated heterocycles. The van der Waals surface area contributed by atoms with Crippen molar-refractivity contribution in [2.75, 3.05) is 28.0 Å². The molecule has 156 valence electrons. The van der Waals surface area contributed by atoms with Gasteiger partial charge < -0.3 is 10.2 Å². The molecule has 30 heavy (non-hydrogen) atoms. The SMILES string of the molecule is O=C(Nc1ccccc1F)C1CCN(c2ccc(S(=O)(=O)Nc3nccs3)cc2)C1. The molecule has 0 spiro atoms. The predicted molar refractivity (Wildman–Crippen MR) is 115 cm³/mol. The van der Waals surface area contributed by atoms with Crippen LogP contribution in [0, 0.1) is 11.7 Å².